The quantitative estimate of drug-likeness (QED) is 0.797. The number of ether oxygens (including phenoxy) is 1. The second kappa shape index (κ2) is 6.79. The summed E-state index contributed by atoms with van der Waals surface area (Å²) in [4.78, 5) is 0. The van der Waals surface area contributed by atoms with E-state index in [0.717, 1.165) is 18.1 Å². The number of hydrogen-bond acceptors (Lipinski definition) is 2. The molecule has 2 nitrogen and oxygen atoms in total. The van der Waals surface area contributed by atoms with Crippen LogP contribution in [0, 0.1) is 5.92 Å². The lowest BCUT2D eigenvalue weighted by molar-refractivity contribution is 0.288. The molecule has 1 aromatic carbocycles. The van der Waals surface area contributed by atoms with Crippen molar-refractivity contribution in [3.8, 4) is 5.75 Å². The van der Waals surface area contributed by atoms with E-state index in [1.807, 2.05) is 12.1 Å². The molecule has 2 heteroatoms. The molecule has 100 valence electrons. The van der Waals surface area contributed by atoms with Crippen molar-refractivity contribution in [1.82, 2.24) is 5.32 Å². The van der Waals surface area contributed by atoms with Crippen LogP contribution in [0.25, 0.3) is 0 Å². The zero-order chi connectivity index (χ0) is 12.8. The second-order valence-corrected chi connectivity index (χ2v) is 5.49. The number of rotatable bonds is 7. The highest BCUT2D eigenvalue weighted by Gasteiger charge is 2.16. The highest BCUT2D eigenvalue weighted by Crippen LogP contribution is 2.28. The predicted molar refractivity (Wildman–Crippen MR) is 76.1 cm³/mol. The van der Waals surface area contributed by atoms with Crippen LogP contribution in [0.2, 0.25) is 0 Å². The SMILES string of the molecule is COc1ccc(CC(C)NCCC2CCC2)cc1. The van der Waals surface area contributed by atoms with E-state index in [1.54, 1.807) is 7.11 Å². The zero-order valence-electron chi connectivity index (χ0n) is 11.6. The van der Waals surface area contributed by atoms with Crippen LogP contribution in [-0.4, -0.2) is 19.7 Å². The summed E-state index contributed by atoms with van der Waals surface area (Å²) in [5.41, 5.74) is 1.37. The first-order valence-corrected chi connectivity index (χ1v) is 7.14. The molecule has 1 saturated carbocycles. The zero-order valence-corrected chi connectivity index (χ0v) is 11.6. The maximum absolute atomic E-state index is 5.17. The minimum absolute atomic E-state index is 0.554. The molecule has 0 heterocycles. The standard InChI is InChI=1S/C16H25NO/c1-13(17-11-10-14-4-3-5-14)12-15-6-8-16(18-2)9-7-15/h6-9,13-14,17H,3-5,10-12H2,1-2H3. The van der Waals surface area contributed by atoms with Gasteiger partial charge in [0, 0.05) is 6.04 Å². The summed E-state index contributed by atoms with van der Waals surface area (Å²) in [6.07, 6.45) is 6.80. The maximum Gasteiger partial charge on any atom is 0.118 e. The molecule has 1 unspecified atom stereocenters. The lowest BCUT2D eigenvalue weighted by Crippen LogP contribution is -2.30. The molecule has 0 aromatic heterocycles. The van der Waals surface area contributed by atoms with Gasteiger partial charge >= 0.3 is 0 Å². The van der Waals surface area contributed by atoms with Gasteiger partial charge in [-0.1, -0.05) is 31.4 Å². The topological polar surface area (TPSA) is 21.3 Å². The molecule has 1 N–H and O–H groups in total. The summed E-state index contributed by atoms with van der Waals surface area (Å²) in [5.74, 6) is 1.94. The Labute approximate surface area is 111 Å². The Balaban J connectivity index is 1.66. The average Bonchev–Trinajstić information content (AvgIpc) is 2.33. The normalized spacial score (nSPS) is 17.2. The van der Waals surface area contributed by atoms with E-state index in [4.69, 9.17) is 4.74 Å². The fourth-order valence-electron chi connectivity index (χ4n) is 2.50. The van der Waals surface area contributed by atoms with Gasteiger partial charge in [-0.3, -0.25) is 0 Å². The third kappa shape index (κ3) is 4.02. The van der Waals surface area contributed by atoms with E-state index >= 15 is 0 Å². The van der Waals surface area contributed by atoms with Gasteiger partial charge in [-0.25, -0.2) is 0 Å². The van der Waals surface area contributed by atoms with E-state index < -0.39 is 0 Å². The Morgan fingerprint density at radius 1 is 1.28 bits per heavy atom. The molecule has 18 heavy (non-hydrogen) atoms. The van der Waals surface area contributed by atoms with Crippen LogP contribution < -0.4 is 10.1 Å². The Morgan fingerprint density at radius 2 is 2.00 bits per heavy atom. The van der Waals surface area contributed by atoms with Gasteiger partial charge in [0.1, 0.15) is 5.75 Å². The summed E-state index contributed by atoms with van der Waals surface area (Å²) in [6, 6.07) is 8.94. The fourth-order valence-corrected chi connectivity index (χ4v) is 2.50. The summed E-state index contributed by atoms with van der Waals surface area (Å²) in [6.45, 7) is 3.44. The Kier molecular flexibility index (Phi) is 5.06. The van der Waals surface area contributed by atoms with Gasteiger partial charge in [0.05, 0.1) is 7.11 Å². The third-order valence-electron chi connectivity index (χ3n) is 3.97. The minimum atomic E-state index is 0.554. The largest absolute Gasteiger partial charge is 0.497 e. The molecule has 0 saturated heterocycles. The first kappa shape index (κ1) is 13.4. The molecule has 0 aliphatic heterocycles. The molecule has 1 fully saturated rings. The van der Waals surface area contributed by atoms with Crippen molar-refractivity contribution >= 4 is 0 Å². The first-order chi connectivity index (χ1) is 8.78. The number of nitrogens with one attached hydrogen (secondary N) is 1. The van der Waals surface area contributed by atoms with Crippen molar-refractivity contribution in [2.75, 3.05) is 13.7 Å². The van der Waals surface area contributed by atoms with Gasteiger partial charge in [-0.15, -0.1) is 0 Å². The highest BCUT2D eigenvalue weighted by molar-refractivity contribution is 5.27. The predicted octanol–water partition coefficient (Wildman–Crippen LogP) is 3.41. The van der Waals surface area contributed by atoms with E-state index in [-0.39, 0.29) is 0 Å². The smallest absolute Gasteiger partial charge is 0.118 e. The van der Waals surface area contributed by atoms with E-state index in [0.29, 0.717) is 6.04 Å². The molecule has 0 spiro atoms. The van der Waals surface area contributed by atoms with Crippen molar-refractivity contribution in [2.24, 2.45) is 5.92 Å². The summed E-state index contributed by atoms with van der Waals surface area (Å²) >= 11 is 0. The van der Waals surface area contributed by atoms with Crippen LogP contribution in [0.1, 0.15) is 38.2 Å². The summed E-state index contributed by atoms with van der Waals surface area (Å²) in [5, 5.41) is 3.63. The number of methoxy groups -OCH3 is 1. The van der Waals surface area contributed by atoms with Crippen molar-refractivity contribution in [3.05, 3.63) is 29.8 Å². The van der Waals surface area contributed by atoms with Crippen molar-refractivity contribution in [1.29, 1.82) is 0 Å². The number of hydrogen-bond donors (Lipinski definition) is 1. The molecule has 1 aliphatic rings. The molecular weight excluding hydrogens is 222 g/mol. The Hall–Kier alpha value is -1.02. The molecule has 2 rings (SSSR count). The molecule has 1 aliphatic carbocycles. The van der Waals surface area contributed by atoms with Gasteiger partial charge in [0.25, 0.3) is 0 Å². The van der Waals surface area contributed by atoms with Gasteiger partial charge in [-0.05, 0) is 49.9 Å². The highest BCUT2D eigenvalue weighted by atomic mass is 16.5. The van der Waals surface area contributed by atoms with E-state index in [1.165, 1.54) is 37.8 Å². The van der Waals surface area contributed by atoms with Crippen LogP contribution in [0.15, 0.2) is 24.3 Å². The van der Waals surface area contributed by atoms with Gasteiger partial charge < -0.3 is 10.1 Å². The molecular formula is C16H25NO. The van der Waals surface area contributed by atoms with Crippen LogP contribution in [0.4, 0.5) is 0 Å². The number of benzene rings is 1. The monoisotopic (exact) mass is 247 g/mol. The minimum Gasteiger partial charge on any atom is -0.497 e. The first-order valence-electron chi connectivity index (χ1n) is 7.14. The van der Waals surface area contributed by atoms with Crippen LogP contribution in [-0.2, 0) is 6.42 Å². The molecule has 0 amide bonds. The Morgan fingerprint density at radius 3 is 2.56 bits per heavy atom. The van der Waals surface area contributed by atoms with E-state index in [9.17, 15) is 0 Å². The summed E-state index contributed by atoms with van der Waals surface area (Å²) < 4.78 is 5.17. The van der Waals surface area contributed by atoms with Gasteiger partial charge in [0.15, 0.2) is 0 Å². The maximum atomic E-state index is 5.17. The second-order valence-electron chi connectivity index (χ2n) is 5.49. The molecule has 0 radical (unpaired) electrons. The lowest BCUT2D eigenvalue weighted by Gasteiger charge is -2.26. The van der Waals surface area contributed by atoms with Crippen molar-refractivity contribution in [3.63, 3.8) is 0 Å². The fraction of sp³-hybridized carbons (Fsp3) is 0.625. The van der Waals surface area contributed by atoms with Crippen LogP contribution in [0.5, 0.6) is 5.75 Å². The summed E-state index contributed by atoms with van der Waals surface area (Å²) in [7, 11) is 1.71. The van der Waals surface area contributed by atoms with Crippen LogP contribution in [0.3, 0.4) is 0 Å². The van der Waals surface area contributed by atoms with E-state index in [2.05, 4.69) is 24.4 Å². The molecule has 0 bridgehead atoms. The van der Waals surface area contributed by atoms with Gasteiger partial charge in [0.2, 0.25) is 0 Å². The Bertz CT molecular complexity index is 343. The molecule has 1 aromatic rings. The third-order valence-corrected chi connectivity index (χ3v) is 3.97. The van der Waals surface area contributed by atoms with Gasteiger partial charge in [-0.2, -0.15) is 0 Å². The molecule has 1 atom stereocenters. The average molecular weight is 247 g/mol. The lowest BCUT2D eigenvalue weighted by atomic mass is 9.83. The van der Waals surface area contributed by atoms with Crippen molar-refractivity contribution < 1.29 is 4.74 Å². The van der Waals surface area contributed by atoms with Crippen molar-refractivity contribution in [2.45, 2.75) is 45.1 Å². The van der Waals surface area contributed by atoms with Crippen LogP contribution >= 0.6 is 0 Å².